The SMILES string of the molecule is Cc1c(-c2ccc3c(c2)Cc2ccccc2-3)nc(-c2cc(C3CCc4cc5ccccc5cc4-c4ccccc43)cc3oc4c5ccccc5ccc4c23)nc1-c1cccc2ccccc12. The quantitative estimate of drug-likeness (QED) is 0.177. The minimum Gasteiger partial charge on any atom is -0.455 e. The molecule has 0 fully saturated rings. The van der Waals surface area contributed by atoms with Gasteiger partial charge in [-0.05, 0) is 134 Å². The molecule has 0 N–H and O–H groups in total. The smallest absolute Gasteiger partial charge is 0.161 e. The number of hydrogen-bond acceptors (Lipinski definition) is 3. The molecule has 3 heteroatoms. The number of aromatic nitrogens is 2. The van der Waals surface area contributed by atoms with Gasteiger partial charge in [0.15, 0.2) is 5.82 Å². The summed E-state index contributed by atoms with van der Waals surface area (Å²) in [5, 5.41) is 9.27. The lowest BCUT2D eigenvalue weighted by Crippen LogP contribution is -2.05. The topological polar surface area (TPSA) is 38.9 Å². The van der Waals surface area contributed by atoms with Crippen LogP contribution < -0.4 is 0 Å². The molecular formula is C63H42N2O. The molecule has 2 heterocycles. The zero-order valence-electron chi connectivity index (χ0n) is 36.5. The van der Waals surface area contributed by atoms with Gasteiger partial charge in [-0.2, -0.15) is 0 Å². The van der Waals surface area contributed by atoms with Crippen molar-refractivity contribution in [2.24, 2.45) is 0 Å². The lowest BCUT2D eigenvalue weighted by atomic mass is 9.84. The Hall–Kier alpha value is -8.14. The molecule has 0 aliphatic heterocycles. The van der Waals surface area contributed by atoms with Gasteiger partial charge in [0.05, 0.1) is 11.4 Å². The number of fused-ring (bicyclic) bond motifs is 13. The second-order valence-electron chi connectivity index (χ2n) is 18.3. The second kappa shape index (κ2) is 14.4. The van der Waals surface area contributed by atoms with E-state index in [0.29, 0.717) is 5.82 Å². The molecule has 0 bridgehead atoms. The van der Waals surface area contributed by atoms with Crippen molar-refractivity contribution in [2.45, 2.75) is 32.1 Å². The highest BCUT2D eigenvalue weighted by Gasteiger charge is 2.28. The lowest BCUT2D eigenvalue weighted by Gasteiger charge is -2.20. The number of hydrogen-bond donors (Lipinski definition) is 0. The van der Waals surface area contributed by atoms with Gasteiger partial charge in [0.25, 0.3) is 0 Å². The van der Waals surface area contributed by atoms with Gasteiger partial charge < -0.3 is 4.42 Å². The molecule has 66 heavy (non-hydrogen) atoms. The molecule has 10 aromatic carbocycles. The first kappa shape index (κ1) is 37.3. The molecule has 0 radical (unpaired) electrons. The summed E-state index contributed by atoms with van der Waals surface area (Å²) in [6, 6.07) is 71.3. The molecule has 0 saturated carbocycles. The predicted molar refractivity (Wildman–Crippen MR) is 273 cm³/mol. The maximum absolute atomic E-state index is 7.13. The molecule has 310 valence electrons. The Bertz CT molecular complexity index is 4000. The first-order chi connectivity index (χ1) is 32.6. The fourth-order valence-electron chi connectivity index (χ4n) is 11.5. The van der Waals surface area contributed by atoms with Crippen LogP contribution in [0.1, 0.15) is 45.7 Å². The third-order valence-electron chi connectivity index (χ3n) is 14.7. The van der Waals surface area contributed by atoms with E-state index >= 15 is 0 Å². The highest BCUT2D eigenvalue weighted by atomic mass is 16.3. The van der Waals surface area contributed by atoms with E-state index in [1.165, 1.54) is 71.6 Å². The number of nitrogens with zero attached hydrogens (tertiary/aromatic N) is 2. The first-order valence-corrected chi connectivity index (χ1v) is 23.2. The number of furan rings is 1. The number of rotatable bonds is 4. The molecule has 2 aliphatic rings. The van der Waals surface area contributed by atoms with E-state index in [1.54, 1.807) is 0 Å². The Morgan fingerprint density at radius 2 is 1.14 bits per heavy atom. The molecule has 0 spiro atoms. The summed E-state index contributed by atoms with van der Waals surface area (Å²) in [5.41, 5.74) is 19.8. The minimum atomic E-state index is 0.102. The van der Waals surface area contributed by atoms with Crippen LogP contribution in [0.15, 0.2) is 199 Å². The van der Waals surface area contributed by atoms with Crippen LogP contribution in [-0.2, 0) is 12.8 Å². The first-order valence-electron chi connectivity index (χ1n) is 23.2. The van der Waals surface area contributed by atoms with E-state index in [2.05, 4.69) is 201 Å². The van der Waals surface area contributed by atoms with E-state index in [-0.39, 0.29) is 5.92 Å². The summed E-state index contributed by atoms with van der Waals surface area (Å²) in [6.45, 7) is 2.20. The molecule has 1 unspecified atom stereocenters. The zero-order valence-corrected chi connectivity index (χ0v) is 36.5. The average Bonchev–Trinajstić information content (AvgIpc) is 3.89. The Balaban J connectivity index is 1.04. The Morgan fingerprint density at radius 1 is 0.455 bits per heavy atom. The fourth-order valence-corrected chi connectivity index (χ4v) is 11.5. The van der Waals surface area contributed by atoms with Gasteiger partial charge in [0.2, 0.25) is 0 Å². The summed E-state index contributed by atoms with van der Waals surface area (Å²) in [4.78, 5) is 11.4. The van der Waals surface area contributed by atoms with Crippen molar-refractivity contribution < 1.29 is 4.42 Å². The third-order valence-corrected chi connectivity index (χ3v) is 14.7. The summed E-state index contributed by atoms with van der Waals surface area (Å²) in [7, 11) is 0. The maximum Gasteiger partial charge on any atom is 0.161 e. The summed E-state index contributed by atoms with van der Waals surface area (Å²) >= 11 is 0. The summed E-state index contributed by atoms with van der Waals surface area (Å²) in [6.07, 6.45) is 2.82. The van der Waals surface area contributed by atoms with Crippen LogP contribution in [0.4, 0.5) is 0 Å². The molecule has 0 amide bonds. The van der Waals surface area contributed by atoms with Crippen molar-refractivity contribution in [3.8, 4) is 56.2 Å². The Labute approximate surface area is 382 Å². The van der Waals surface area contributed by atoms with Crippen molar-refractivity contribution in [3.05, 3.63) is 228 Å². The second-order valence-corrected chi connectivity index (χ2v) is 18.3. The van der Waals surface area contributed by atoms with Crippen LogP contribution in [0, 0.1) is 6.92 Å². The Morgan fingerprint density at radius 3 is 2.02 bits per heavy atom. The third kappa shape index (κ3) is 5.69. The monoisotopic (exact) mass is 842 g/mol. The lowest BCUT2D eigenvalue weighted by molar-refractivity contribution is 0.668. The van der Waals surface area contributed by atoms with Crippen molar-refractivity contribution in [1.82, 2.24) is 9.97 Å². The van der Waals surface area contributed by atoms with Crippen LogP contribution in [0.3, 0.4) is 0 Å². The van der Waals surface area contributed by atoms with Crippen LogP contribution in [-0.4, -0.2) is 9.97 Å². The van der Waals surface area contributed by atoms with Gasteiger partial charge in [-0.25, -0.2) is 9.97 Å². The number of aryl methyl sites for hydroxylation is 1. The summed E-state index contributed by atoms with van der Waals surface area (Å²) in [5.74, 6) is 0.798. The molecule has 12 aromatic rings. The Kier molecular flexibility index (Phi) is 8.15. The van der Waals surface area contributed by atoms with E-state index in [9.17, 15) is 0 Å². The van der Waals surface area contributed by atoms with E-state index in [1.807, 2.05) is 0 Å². The predicted octanol–water partition coefficient (Wildman–Crippen LogP) is 16.5. The van der Waals surface area contributed by atoms with Crippen LogP contribution >= 0.6 is 0 Å². The van der Waals surface area contributed by atoms with Gasteiger partial charge >= 0.3 is 0 Å². The van der Waals surface area contributed by atoms with E-state index in [0.717, 1.165) is 85.6 Å². The maximum atomic E-state index is 7.13. The molecule has 2 aliphatic carbocycles. The zero-order chi connectivity index (χ0) is 43.5. The van der Waals surface area contributed by atoms with Crippen molar-refractivity contribution >= 4 is 54.3 Å². The molecule has 2 aromatic heterocycles. The van der Waals surface area contributed by atoms with Crippen molar-refractivity contribution in [3.63, 3.8) is 0 Å². The molecule has 14 rings (SSSR count). The molecule has 1 atom stereocenters. The number of benzene rings is 10. The average molecular weight is 843 g/mol. The van der Waals surface area contributed by atoms with Crippen LogP contribution in [0.2, 0.25) is 0 Å². The van der Waals surface area contributed by atoms with Gasteiger partial charge in [0, 0.05) is 44.3 Å². The summed E-state index contributed by atoms with van der Waals surface area (Å²) < 4.78 is 7.13. The van der Waals surface area contributed by atoms with Gasteiger partial charge in [-0.15, -0.1) is 0 Å². The molecule has 3 nitrogen and oxygen atoms in total. The van der Waals surface area contributed by atoms with E-state index < -0.39 is 0 Å². The fraction of sp³-hybridized carbons (Fsp3) is 0.0794. The van der Waals surface area contributed by atoms with Gasteiger partial charge in [-0.1, -0.05) is 164 Å². The van der Waals surface area contributed by atoms with Gasteiger partial charge in [0.1, 0.15) is 11.2 Å². The highest BCUT2D eigenvalue weighted by molar-refractivity contribution is 6.19. The molecule has 0 saturated heterocycles. The highest BCUT2D eigenvalue weighted by Crippen LogP contribution is 2.48. The molecular weight excluding hydrogens is 801 g/mol. The van der Waals surface area contributed by atoms with Crippen LogP contribution in [0.25, 0.3) is 110 Å². The largest absolute Gasteiger partial charge is 0.455 e. The van der Waals surface area contributed by atoms with Crippen molar-refractivity contribution in [1.29, 1.82) is 0 Å². The minimum absolute atomic E-state index is 0.102. The van der Waals surface area contributed by atoms with Crippen LogP contribution in [0.5, 0.6) is 0 Å². The van der Waals surface area contributed by atoms with Gasteiger partial charge in [-0.3, -0.25) is 0 Å². The standard InChI is InChI=1S/C63H42N2O/c1-37-60(44-27-29-49-45(33-44)32-42-17-6-8-20-48(42)49)64-63(65-61(37)54-24-12-18-38-13-4-7-19-47(38)54)57-35-46(36-58-59(57)55-30-25-39-14-5-9-21-51(39)62(55)66-58)50-28-26-43-31-40-15-2-3-16-41(40)34-56(43)53-23-11-10-22-52(50)53/h2-25,27,29-31,33-36,50H,26,28,32H2,1H3. The normalized spacial score (nSPS) is 14.1. The van der Waals surface area contributed by atoms with E-state index in [4.69, 9.17) is 14.4 Å². The van der Waals surface area contributed by atoms with Crippen molar-refractivity contribution in [2.75, 3.05) is 0 Å².